The summed E-state index contributed by atoms with van der Waals surface area (Å²) in [5.41, 5.74) is 2.08. The van der Waals surface area contributed by atoms with E-state index in [4.69, 9.17) is 16.3 Å². The standard InChI is InChI=1S/C24H26ClN5O3/c1-14(16-5-4-6-18(25)10-16)9-21-26-22-20(33-3)11-17(12-30(22)27-21)24(32)29-13-19-7-8-28(19)23(31)15(29)2/h4-6,10-12,14-15,19H,7-9,13H2,1-3H3/t14-,15?,19?/m0/s1. The van der Waals surface area contributed by atoms with Gasteiger partial charge in [-0.05, 0) is 43.0 Å². The van der Waals surface area contributed by atoms with Crippen LogP contribution in [0, 0.1) is 0 Å². The molecule has 5 rings (SSSR count). The number of hydrogen-bond acceptors (Lipinski definition) is 5. The zero-order valence-electron chi connectivity index (χ0n) is 18.9. The second-order valence-corrected chi connectivity index (χ2v) is 9.30. The van der Waals surface area contributed by atoms with Gasteiger partial charge in [-0.1, -0.05) is 30.7 Å². The van der Waals surface area contributed by atoms with Crippen molar-refractivity contribution in [1.29, 1.82) is 0 Å². The molecule has 172 valence electrons. The van der Waals surface area contributed by atoms with Gasteiger partial charge < -0.3 is 14.5 Å². The monoisotopic (exact) mass is 467 g/mol. The first-order valence-electron chi connectivity index (χ1n) is 11.2. The molecule has 4 heterocycles. The summed E-state index contributed by atoms with van der Waals surface area (Å²) in [6, 6.07) is 9.08. The van der Waals surface area contributed by atoms with Crippen molar-refractivity contribution < 1.29 is 14.3 Å². The third kappa shape index (κ3) is 3.82. The van der Waals surface area contributed by atoms with Crippen molar-refractivity contribution in [2.45, 2.75) is 44.7 Å². The minimum absolute atomic E-state index is 0.0111. The van der Waals surface area contributed by atoms with Crippen molar-refractivity contribution in [3.8, 4) is 5.75 Å². The second-order valence-electron chi connectivity index (χ2n) is 8.86. The quantitative estimate of drug-likeness (QED) is 0.575. The molecule has 0 aliphatic carbocycles. The van der Waals surface area contributed by atoms with E-state index in [0.717, 1.165) is 18.5 Å². The molecule has 2 amide bonds. The van der Waals surface area contributed by atoms with Crippen LogP contribution in [0.1, 0.15) is 47.9 Å². The Bertz CT molecular complexity index is 1240. The summed E-state index contributed by atoms with van der Waals surface area (Å²) in [5.74, 6) is 1.09. The van der Waals surface area contributed by atoms with Gasteiger partial charge in [0, 0.05) is 30.7 Å². The number of piperazine rings is 1. The van der Waals surface area contributed by atoms with Gasteiger partial charge in [0.25, 0.3) is 5.91 Å². The van der Waals surface area contributed by atoms with Gasteiger partial charge in [0.05, 0.1) is 18.7 Å². The van der Waals surface area contributed by atoms with Gasteiger partial charge in [-0.2, -0.15) is 5.10 Å². The van der Waals surface area contributed by atoms with Crippen LogP contribution >= 0.6 is 11.6 Å². The molecule has 0 saturated carbocycles. The normalized spacial score (nSPS) is 21.0. The van der Waals surface area contributed by atoms with Crippen LogP contribution in [0.4, 0.5) is 0 Å². The Balaban J connectivity index is 1.43. The Hall–Kier alpha value is -3.13. The third-order valence-electron chi connectivity index (χ3n) is 6.74. The molecule has 0 N–H and O–H groups in total. The lowest BCUT2D eigenvalue weighted by molar-refractivity contribution is -0.150. The van der Waals surface area contributed by atoms with E-state index in [0.29, 0.717) is 40.8 Å². The molecule has 9 heteroatoms. The zero-order chi connectivity index (χ0) is 23.3. The van der Waals surface area contributed by atoms with Gasteiger partial charge in [-0.3, -0.25) is 9.59 Å². The topological polar surface area (TPSA) is 80.0 Å². The smallest absolute Gasteiger partial charge is 0.256 e. The Kier molecular flexibility index (Phi) is 5.48. The van der Waals surface area contributed by atoms with E-state index in [1.54, 1.807) is 35.7 Å². The lowest BCUT2D eigenvalue weighted by atomic mass is 9.95. The molecule has 8 nitrogen and oxygen atoms in total. The number of halogens is 1. The third-order valence-corrected chi connectivity index (χ3v) is 6.97. The van der Waals surface area contributed by atoms with Crippen molar-refractivity contribution >= 4 is 29.1 Å². The van der Waals surface area contributed by atoms with Crippen molar-refractivity contribution in [1.82, 2.24) is 24.4 Å². The molecule has 2 aromatic heterocycles. The molecular formula is C24H26ClN5O3. The van der Waals surface area contributed by atoms with Crippen LogP contribution in [0.5, 0.6) is 5.75 Å². The first kappa shape index (κ1) is 21.7. The Morgan fingerprint density at radius 1 is 1.33 bits per heavy atom. The summed E-state index contributed by atoms with van der Waals surface area (Å²) < 4.78 is 7.13. The van der Waals surface area contributed by atoms with Crippen LogP contribution in [0.3, 0.4) is 0 Å². The summed E-state index contributed by atoms with van der Waals surface area (Å²) in [6.07, 6.45) is 3.22. The molecule has 2 fully saturated rings. The van der Waals surface area contributed by atoms with E-state index >= 15 is 0 Å². The van der Waals surface area contributed by atoms with Crippen LogP contribution in [-0.4, -0.2) is 68.5 Å². The largest absolute Gasteiger partial charge is 0.493 e. The zero-order valence-corrected chi connectivity index (χ0v) is 19.6. The second kappa shape index (κ2) is 8.33. The number of rotatable bonds is 5. The number of benzene rings is 1. The highest BCUT2D eigenvalue weighted by molar-refractivity contribution is 6.30. The van der Waals surface area contributed by atoms with Crippen molar-refractivity contribution in [2.75, 3.05) is 20.2 Å². The van der Waals surface area contributed by atoms with E-state index in [-0.39, 0.29) is 23.8 Å². The maximum atomic E-state index is 13.4. The molecule has 3 aromatic rings. The molecule has 3 atom stereocenters. The van der Waals surface area contributed by atoms with Gasteiger partial charge in [0.2, 0.25) is 5.91 Å². The summed E-state index contributed by atoms with van der Waals surface area (Å²) >= 11 is 6.14. The Morgan fingerprint density at radius 3 is 2.85 bits per heavy atom. The fourth-order valence-corrected chi connectivity index (χ4v) is 4.86. The summed E-state index contributed by atoms with van der Waals surface area (Å²) in [5, 5.41) is 5.31. The highest BCUT2D eigenvalue weighted by Gasteiger charge is 2.44. The van der Waals surface area contributed by atoms with Crippen molar-refractivity contribution in [2.24, 2.45) is 0 Å². The highest BCUT2D eigenvalue weighted by Crippen LogP contribution is 2.29. The molecule has 33 heavy (non-hydrogen) atoms. The number of ether oxygens (including phenoxy) is 1. The fraction of sp³-hybridized carbons (Fsp3) is 0.417. The Morgan fingerprint density at radius 2 is 2.15 bits per heavy atom. The lowest BCUT2D eigenvalue weighted by Crippen LogP contribution is -2.67. The van der Waals surface area contributed by atoms with E-state index in [1.165, 1.54) is 0 Å². The fourth-order valence-electron chi connectivity index (χ4n) is 4.66. The minimum atomic E-state index is -0.486. The average Bonchev–Trinajstić information content (AvgIpc) is 3.18. The number of methoxy groups -OCH3 is 1. The number of hydrogen-bond donors (Lipinski definition) is 0. The molecular weight excluding hydrogens is 442 g/mol. The molecule has 0 bridgehead atoms. The predicted molar refractivity (Wildman–Crippen MR) is 124 cm³/mol. The van der Waals surface area contributed by atoms with Crippen LogP contribution < -0.4 is 4.74 Å². The molecule has 2 aliphatic rings. The van der Waals surface area contributed by atoms with Gasteiger partial charge in [0.1, 0.15) is 6.04 Å². The molecule has 0 radical (unpaired) electrons. The number of amides is 2. The lowest BCUT2D eigenvalue weighted by Gasteiger charge is -2.50. The maximum Gasteiger partial charge on any atom is 0.256 e. The van der Waals surface area contributed by atoms with Gasteiger partial charge in [0.15, 0.2) is 17.2 Å². The number of fused-ring (bicyclic) bond motifs is 2. The number of carbonyl (C=O) groups excluding carboxylic acids is 2. The number of carbonyl (C=O) groups is 2. The van der Waals surface area contributed by atoms with Crippen molar-refractivity contribution in [3.63, 3.8) is 0 Å². The van der Waals surface area contributed by atoms with Crippen LogP contribution in [0.15, 0.2) is 36.5 Å². The highest BCUT2D eigenvalue weighted by atomic mass is 35.5. The van der Waals surface area contributed by atoms with E-state index < -0.39 is 6.04 Å². The SMILES string of the molecule is COc1cc(C(=O)N2CC3CCN3C(=O)C2C)cn2nc(C[C@H](C)c3cccc(Cl)c3)nc12. The summed E-state index contributed by atoms with van der Waals surface area (Å²) in [6.45, 7) is 5.22. The number of aromatic nitrogens is 3. The van der Waals surface area contributed by atoms with Gasteiger partial charge >= 0.3 is 0 Å². The number of pyridine rings is 1. The van der Waals surface area contributed by atoms with Crippen LogP contribution in [-0.2, 0) is 11.2 Å². The van der Waals surface area contributed by atoms with E-state index in [2.05, 4.69) is 17.0 Å². The minimum Gasteiger partial charge on any atom is -0.493 e. The molecule has 2 aliphatic heterocycles. The summed E-state index contributed by atoms with van der Waals surface area (Å²) in [4.78, 5) is 34.1. The van der Waals surface area contributed by atoms with E-state index in [1.807, 2.05) is 29.2 Å². The molecule has 2 saturated heterocycles. The molecule has 0 spiro atoms. The maximum absolute atomic E-state index is 13.4. The van der Waals surface area contributed by atoms with Gasteiger partial charge in [-0.15, -0.1) is 0 Å². The first-order valence-corrected chi connectivity index (χ1v) is 11.5. The van der Waals surface area contributed by atoms with Crippen LogP contribution in [0.2, 0.25) is 5.02 Å². The Labute approximate surface area is 197 Å². The van der Waals surface area contributed by atoms with E-state index in [9.17, 15) is 9.59 Å². The molecule has 2 unspecified atom stereocenters. The van der Waals surface area contributed by atoms with Gasteiger partial charge in [-0.25, -0.2) is 9.50 Å². The predicted octanol–water partition coefficient (Wildman–Crippen LogP) is 3.18. The van der Waals surface area contributed by atoms with Crippen molar-refractivity contribution in [3.05, 3.63) is 58.5 Å². The summed E-state index contributed by atoms with van der Waals surface area (Å²) in [7, 11) is 1.55. The average molecular weight is 468 g/mol. The van der Waals surface area contributed by atoms with Crippen LogP contribution in [0.25, 0.3) is 5.65 Å². The first-order chi connectivity index (χ1) is 15.9. The number of nitrogens with zero attached hydrogens (tertiary/aromatic N) is 5. The molecule has 1 aromatic carbocycles.